The summed E-state index contributed by atoms with van der Waals surface area (Å²) in [6.45, 7) is 8.99. The fourth-order valence-corrected chi connectivity index (χ4v) is 6.21. The van der Waals surface area contributed by atoms with Crippen molar-refractivity contribution >= 4 is 32.8 Å². The van der Waals surface area contributed by atoms with Crippen molar-refractivity contribution in [3.05, 3.63) is 132 Å². The highest BCUT2D eigenvalue weighted by Crippen LogP contribution is 2.38. The molecule has 0 fully saturated rings. The highest BCUT2D eigenvalue weighted by Gasteiger charge is 2.28. The Hall–Kier alpha value is -4.70. The highest BCUT2D eigenvalue weighted by molar-refractivity contribution is 6.09. The van der Waals surface area contributed by atoms with Crippen molar-refractivity contribution in [2.24, 2.45) is 0 Å². The van der Waals surface area contributed by atoms with Crippen LogP contribution in [0, 0.1) is 6.85 Å². The van der Waals surface area contributed by atoms with Gasteiger partial charge in [0.25, 0.3) is 0 Å². The fourth-order valence-electron chi connectivity index (χ4n) is 6.21. The van der Waals surface area contributed by atoms with Crippen molar-refractivity contribution in [2.75, 3.05) is 0 Å². The Kier molecular flexibility index (Phi) is 5.14. The zero-order chi connectivity index (χ0) is 31.7. The zero-order valence-corrected chi connectivity index (χ0v) is 24.8. The molecule has 0 spiro atoms. The first kappa shape index (κ1) is 22.9. The largest absolute Gasteiger partial charge is 0.294 e. The van der Waals surface area contributed by atoms with Crippen LogP contribution in [0.5, 0.6) is 0 Å². The number of para-hydroxylation sites is 3. The molecule has 0 radical (unpaired) electrons. The normalized spacial score (nSPS) is 13.9. The number of benzene rings is 4. The van der Waals surface area contributed by atoms with E-state index in [0.717, 1.165) is 33.1 Å². The molecule has 0 saturated heterocycles. The summed E-state index contributed by atoms with van der Waals surface area (Å²) in [7, 11) is 0. The SMILES string of the molecule is [2H]C([2H])([2H])c1ccnc(-n2c3ccccc3c3ccc(C(C)(C)c4cccc(-n5c[n+](C(C)(C)C)c6ccccc65)c4)cc32)c1. The Labute approximate surface area is 251 Å². The maximum atomic E-state index is 7.98. The van der Waals surface area contributed by atoms with Crippen molar-refractivity contribution in [1.82, 2.24) is 14.1 Å². The average molecular weight is 553 g/mol. The van der Waals surface area contributed by atoms with Gasteiger partial charge in [-0.2, -0.15) is 4.57 Å². The van der Waals surface area contributed by atoms with Crippen LogP contribution in [0.4, 0.5) is 0 Å². The van der Waals surface area contributed by atoms with E-state index in [9.17, 15) is 0 Å². The van der Waals surface area contributed by atoms with Gasteiger partial charge in [-0.25, -0.2) is 9.55 Å². The molecule has 0 amide bonds. The molecule has 0 atom stereocenters. The zero-order valence-electron chi connectivity index (χ0n) is 27.8. The predicted molar refractivity (Wildman–Crippen MR) is 174 cm³/mol. The molecule has 4 aromatic carbocycles. The molecule has 0 bridgehead atoms. The van der Waals surface area contributed by atoms with Crippen LogP contribution in [0.3, 0.4) is 0 Å². The summed E-state index contributed by atoms with van der Waals surface area (Å²) in [5, 5.41) is 2.21. The summed E-state index contributed by atoms with van der Waals surface area (Å²) in [5.74, 6) is 0.596. The molecule has 0 saturated carbocycles. The number of rotatable bonds is 4. The van der Waals surface area contributed by atoms with Crippen molar-refractivity contribution in [2.45, 2.75) is 52.4 Å². The van der Waals surface area contributed by atoms with E-state index in [0.29, 0.717) is 5.82 Å². The number of nitrogens with zero attached hydrogens (tertiary/aromatic N) is 4. The molecule has 7 aromatic rings. The smallest absolute Gasteiger partial charge is 0.250 e. The van der Waals surface area contributed by atoms with Crippen LogP contribution in [0.2, 0.25) is 0 Å². The van der Waals surface area contributed by atoms with Crippen LogP contribution in [-0.4, -0.2) is 14.1 Å². The van der Waals surface area contributed by atoms with E-state index in [1.54, 1.807) is 18.3 Å². The molecule has 0 aliphatic carbocycles. The Morgan fingerprint density at radius 1 is 0.690 bits per heavy atom. The van der Waals surface area contributed by atoms with E-state index in [1.807, 2.05) is 12.1 Å². The van der Waals surface area contributed by atoms with E-state index in [-0.39, 0.29) is 16.5 Å². The summed E-state index contributed by atoms with van der Waals surface area (Å²) in [5.41, 5.74) is 7.70. The third-order valence-electron chi connectivity index (χ3n) is 8.57. The van der Waals surface area contributed by atoms with Crippen LogP contribution < -0.4 is 4.57 Å². The lowest BCUT2D eigenvalue weighted by Crippen LogP contribution is -2.49. The van der Waals surface area contributed by atoms with E-state index in [2.05, 4.69) is 138 Å². The predicted octanol–water partition coefficient (Wildman–Crippen LogP) is 8.80. The quantitative estimate of drug-likeness (QED) is 0.200. The van der Waals surface area contributed by atoms with Crippen molar-refractivity contribution in [3.8, 4) is 11.5 Å². The van der Waals surface area contributed by atoms with Gasteiger partial charge in [-0.05, 0) is 92.8 Å². The summed E-state index contributed by atoms with van der Waals surface area (Å²) in [6, 6.07) is 35.5. The molecule has 7 rings (SSSR count). The average Bonchev–Trinajstić information content (AvgIpc) is 3.57. The number of hydrogen-bond donors (Lipinski definition) is 0. The summed E-state index contributed by atoms with van der Waals surface area (Å²) < 4.78 is 30.7. The molecule has 0 aliphatic rings. The van der Waals surface area contributed by atoms with Gasteiger partial charge in [0, 0.05) is 26.5 Å². The first-order valence-corrected chi connectivity index (χ1v) is 14.5. The van der Waals surface area contributed by atoms with Gasteiger partial charge in [0.1, 0.15) is 17.0 Å². The molecule has 0 N–H and O–H groups in total. The number of fused-ring (bicyclic) bond motifs is 4. The standard InChI is InChI=1S/C38H37N4/c1-26-20-21-39-36(22-26)42-32-15-8-7-14-30(32)31-19-18-28(24-35(31)42)38(5,6)27-12-11-13-29(23-27)40-25-41(37(2,3)4)34-17-10-9-16-33(34)40/h7-25H,1-6H3/q+1/i1D3. The molecule has 208 valence electrons. The highest BCUT2D eigenvalue weighted by atomic mass is 15.2. The number of hydrogen-bond acceptors (Lipinski definition) is 1. The number of aromatic nitrogens is 4. The van der Waals surface area contributed by atoms with Crippen molar-refractivity contribution in [3.63, 3.8) is 0 Å². The van der Waals surface area contributed by atoms with Crippen LogP contribution in [-0.2, 0) is 11.0 Å². The second-order valence-electron chi connectivity index (χ2n) is 12.7. The van der Waals surface area contributed by atoms with Crippen LogP contribution in [0.25, 0.3) is 44.3 Å². The third-order valence-corrected chi connectivity index (χ3v) is 8.57. The van der Waals surface area contributed by atoms with Gasteiger partial charge < -0.3 is 0 Å². The lowest BCUT2D eigenvalue weighted by atomic mass is 9.77. The minimum absolute atomic E-state index is 0.0620. The van der Waals surface area contributed by atoms with Gasteiger partial charge >= 0.3 is 0 Å². The molecule has 3 aromatic heterocycles. The van der Waals surface area contributed by atoms with E-state index in [1.165, 1.54) is 16.6 Å². The molecule has 3 heterocycles. The van der Waals surface area contributed by atoms with Crippen molar-refractivity contribution < 1.29 is 8.68 Å². The molecular weight excluding hydrogens is 512 g/mol. The lowest BCUT2D eigenvalue weighted by Gasteiger charge is -2.26. The first-order valence-electron chi connectivity index (χ1n) is 16.0. The van der Waals surface area contributed by atoms with Crippen LogP contribution in [0.1, 0.15) is 55.4 Å². The molecule has 4 nitrogen and oxygen atoms in total. The minimum atomic E-state index is -2.22. The fraction of sp³-hybridized carbons (Fsp3) is 0.211. The summed E-state index contributed by atoms with van der Waals surface area (Å²) >= 11 is 0. The Bertz CT molecular complexity index is 2230. The monoisotopic (exact) mass is 552 g/mol. The molecular formula is C38H37N4+. The number of pyridine rings is 1. The van der Waals surface area contributed by atoms with Gasteiger partial charge in [-0.1, -0.05) is 68.4 Å². The second-order valence-corrected chi connectivity index (χ2v) is 12.7. The Balaban J connectivity index is 1.39. The lowest BCUT2D eigenvalue weighted by molar-refractivity contribution is -0.731. The first-order chi connectivity index (χ1) is 21.3. The number of aryl methyl sites for hydroxylation is 1. The van der Waals surface area contributed by atoms with Gasteiger partial charge in [-0.3, -0.25) is 4.57 Å². The second kappa shape index (κ2) is 9.42. The Morgan fingerprint density at radius 3 is 2.24 bits per heavy atom. The van der Waals surface area contributed by atoms with Gasteiger partial charge in [0.15, 0.2) is 11.0 Å². The van der Waals surface area contributed by atoms with E-state index >= 15 is 0 Å². The summed E-state index contributed by atoms with van der Waals surface area (Å²) in [4.78, 5) is 4.64. The van der Waals surface area contributed by atoms with Crippen LogP contribution >= 0.6 is 0 Å². The Morgan fingerprint density at radius 2 is 1.43 bits per heavy atom. The van der Waals surface area contributed by atoms with E-state index < -0.39 is 6.85 Å². The topological polar surface area (TPSA) is 26.6 Å². The van der Waals surface area contributed by atoms with Crippen molar-refractivity contribution in [1.29, 1.82) is 0 Å². The maximum Gasteiger partial charge on any atom is 0.250 e. The molecule has 42 heavy (non-hydrogen) atoms. The van der Waals surface area contributed by atoms with Gasteiger partial charge in [-0.15, -0.1) is 0 Å². The van der Waals surface area contributed by atoms with Gasteiger partial charge in [0.05, 0.1) is 11.0 Å². The molecule has 0 aliphatic heterocycles. The third kappa shape index (κ3) is 4.13. The molecule has 4 heteroatoms. The summed E-state index contributed by atoms with van der Waals surface area (Å²) in [6.07, 6.45) is 3.80. The van der Waals surface area contributed by atoms with Gasteiger partial charge in [0.2, 0.25) is 6.33 Å². The van der Waals surface area contributed by atoms with E-state index in [4.69, 9.17) is 4.11 Å². The minimum Gasteiger partial charge on any atom is -0.294 e. The maximum absolute atomic E-state index is 7.98. The molecule has 0 unspecified atom stereocenters. The number of imidazole rings is 1. The van der Waals surface area contributed by atoms with Crippen LogP contribution in [0.15, 0.2) is 116 Å².